The van der Waals surface area contributed by atoms with E-state index in [2.05, 4.69) is 23.1 Å². The van der Waals surface area contributed by atoms with E-state index < -0.39 is 0 Å². The molecule has 0 aliphatic heterocycles. The van der Waals surface area contributed by atoms with Crippen molar-refractivity contribution in [1.82, 2.24) is 0 Å². The topological polar surface area (TPSA) is 53.5 Å². The van der Waals surface area contributed by atoms with E-state index in [1.54, 1.807) is 7.11 Å². The minimum atomic E-state index is 0.693. The van der Waals surface area contributed by atoms with Crippen molar-refractivity contribution >= 4 is 11.4 Å². The lowest BCUT2D eigenvalue weighted by Gasteiger charge is -2.06. The molecule has 94 valence electrons. The molecule has 0 saturated heterocycles. The maximum atomic E-state index is 8.73. The van der Waals surface area contributed by atoms with E-state index in [4.69, 9.17) is 10.0 Å². The van der Waals surface area contributed by atoms with E-state index in [0.29, 0.717) is 5.69 Å². The van der Waals surface area contributed by atoms with Crippen molar-refractivity contribution < 1.29 is 10.0 Å². The second kappa shape index (κ2) is 6.05. The highest BCUT2D eigenvalue weighted by molar-refractivity contribution is 5.45. The summed E-state index contributed by atoms with van der Waals surface area (Å²) in [5, 5.41) is 8.73. The maximum absolute atomic E-state index is 8.73. The Kier molecular flexibility index (Phi) is 4.17. The van der Waals surface area contributed by atoms with E-state index in [9.17, 15) is 0 Å². The van der Waals surface area contributed by atoms with Gasteiger partial charge in [-0.25, -0.2) is 0 Å². The Morgan fingerprint density at radius 1 is 0.889 bits per heavy atom. The van der Waals surface area contributed by atoms with E-state index in [0.717, 1.165) is 12.1 Å². The van der Waals surface area contributed by atoms with Gasteiger partial charge in [0, 0.05) is 0 Å². The third-order valence-electron chi connectivity index (χ3n) is 2.67. The van der Waals surface area contributed by atoms with Crippen molar-refractivity contribution in [3.63, 3.8) is 0 Å². The molecule has 0 amide bonds. The zero-order chi connectivity index (χ0) is 12.8. The molecule has 0 bridgehead atoms. The van der Waals surface area contributed by atoms with E-state index in [-0.39, 0.29) is 0 Å². The third kappa shape index (κ3) is 3.23. The summed E-state index contributed by atoms with van der Waals surface area (Å²) in [4.78, 5) is 4.83. The van der Waals surface area contributed by atoms with Crippen LogP contribution in [0.5, 0.6) is 0 Å². The smallest absolute Gasteiger partial charge is 0.0636 e. The first-order chi connectivity index (χ1) is 8.81. The quantitative estimate of drug-likeness (QED) is 0.708. The van der Waals surface area contributed by atoms with Gasteiger partial charge in [-0.2, -0.15) is 0 Å². The van der Waals surface area contributed by atoms with Crippen molar-refractivity contribution in [2.45, 2.75) is 6.42 Å². The van der Waals surface area contributed by atoms with Crippen LogP contribution < -0.4 is 11.0 Å². The molecule has 4 nitrogen and oxygen atoms in total. The molecule has 0 heterocycles. The van der Waals surface area contributed by atoms with Crippen molar-refractivity contribution in [2.24, 2.45) is 0 Å². The molecular formula is C14H16N2O2. The van der Waals surface area contributed by atoms with Crippen molar-refractivity contribution in [1.29, 1.82) is 0 Å². The molecule has 3 N–H and O–H groups in total. The Labute approximate surface area is 106 Å². The number of hydrogen-bond acceptors (Lipinski definition) is 4. The molecule has 2 aromatic carbocycles. The lowest BCUT2D eigenvalue weighted by atomic mass is 10.0. The Morgan fingerprint density at radius 3 is 1.83 bits per heavy atom. The SMILES string of the molecule is CONc1ccc(Cc2ccc(NO)cc2)cc1. The van der Waals surface area contributed by atoms with Crippen LogP contribution in [0.25, 0.3) is 0 Å². The van der Waals surface area contributed by atoms with Gasteiger partial charge in [0.05, 0.1) is 18.5 Å². The molecule has 0 atom stereocenters. The zero-order valence-electron chi connectivity index (χ0n) is 10.2. The Bertz CT molecular complexity index is 480. The number of benzene rings is 2. The predicted molar refractivity (Wildman–Crippen MR) is 71.7 cm³/mol. The summed E-state index contributed by atoms with van der Waals surface area (Å²) in [6, 6.07) is 15.7. The fourth-order valence-corrected chi connectivity index (χ4v) is 1.74. The first-order valence-electron chi connectivity index (χ1n) is 5.69. The Morgan fingerprint density at radius 2 is 1.39 bits per heavy atom. The van der Waals surface area contributed by atoms with Gasteiger partial charge in [-0.05, 0) is 41.8 Å². The summed E-state index contributed by atoms with van der Waals surface area (Å²) in [7, 11) is 1.59. The molecule has 4 heteroatoms. The van der Waals surface area contributed by atoms with Gasteiger partial charge in [-0.1, -0.05) is 24.3 Å². The predicted octanol–water partition coefficient (Wildman–Crippen LogP) is 3.05. The number of hydrogen-bond donors (Lipinski definition) is 3. The van der Waals surface area contributed by atoms with Crippen LogP contribution in [-0.4, -0.2) is 12.3 Å². The fraction of sp³-hybridized carbons (Fsp3) is 0.143. The average molecular weight is 244 g/mol. The minimum absolute atomic E-state index is 0.693. The molecule has 2 aromatic rings. The molecule has 0 saturated carbocycles. The third-order valence-corrected chi connectivity index (χ3v) is 2.67. The van der Waals surface area contributed by atoms with Crippen LogP contribution in [0.2, 0.25) is 0 Å². The molecule has 2 rings (SSSR count). The van der Waals surface area contributed by atoms with Crippen LogP contribution >= 0.6 is 0 Å². The normalized spacial score (nSPS) is 10.1. The van der Waals surface area contributed by atoms with Gasteiger partial charge in [-0.15, -0.1) is 0 Å². The maximum Gasteiger partial charge on any atom is 0.0636 e. The van der Waals surface area contributed by atoms with Crippen molar-refractivity contribution in [2.75, 3.05) is 18.1 Å². The summed E-state index contributed by atoms with van der Waals surface area (Å²) >= 11 is 0. The summed E-state index contributed by atoms with van der Waals surface area (Å²) in [6.07, 6.45) is 0.860. The minimum Gasteiger partial charge on any atom is -0.291 e. The van der Waals surface area contributed by atoms with E-state index >= 15 is 0 Å². The van der Waals surface area contributed by atoms with Crippen LogP contribution in [0.4, 0.5) is 11.4 Å². The molecule has 18 heavy (non-hydrogen) atoms. The summed E-state index contributed by atoms with van der Waals surface area (Å²) in [5.74, 6) is 0. The van der Waals surface area contributed by atoms with Crippen molar-refractivity contribution in [3.8, 4) is 0 Å². The number of anilines is 2. The van der Waals surface area contributed by atoms with Crippen LogP contribution in [0.3, 0.4) is 0 Å². The van der Waals surface area contributed by atoms with E-state index in [1.165, 1.54) is 11.1 Å². The van der Waals surface area contributed by atoms with Crippen LogP contribution in [0.1, 0.15) is 11.1 Å². The monoisotopic (exact) mass is 244 g/mol. The Balaban J connectivity index is 2.03. The van der Waals surface area contributed by atoms with Crippen LogP contribution in [-0.2, 0) is 11.3 Å². The number of rotatable bonds is 5. The first-order valence-corrected chi connectivity index (χ1v) is 5.69. The summed E-state index contributed by atoms with van der Waals surface area (Å²) in [6.45, 7) is 0. The highest BCUT2D eigenvalue weighted by Crippen LogP contribution is 2.15. The first kappa shape index (κ1) is 12.4. The summed E-state index contributed by atoms with van der Waals surface area (Å²) < 4.78 is 0. The van der Waals surface area contributed by atoms with Crippen molar-refractivity contribution in [3.05, 3.63) is 59.7 Å². The highest BCUT2D eigenvalue weighted by Gasteiger charge is 1.98. The number of nitrogens with one attached hydrogen (secondary N) is 2. The van der Waals surface area contributed by atoms with Gasteiger partial charge in [0.1, 0.15) is 0 Å². The highest BCUT2D eigenvalue weighted by atomic mass is 16.6. The van der Waals surface area contributed by atoms with Gasteiger partial charge in [0.2, 0.25) is 0 Å². The lowest BCUT2D eigenvalue weighted by Crippen LogP contribution is -1.96. The standard InChI is InChI=1S/C14H16N2O2/c1-18-16-14-8-4-12(5-9-14)10-11-2-6-13(15-17)7-3-11/h2-9,15-17H,10H2,1H3. The van der Waals surface area contributed by atoms with Crippen LogP contribution in [0, 0.1) is 0 Å². The average Bonchev–Trinajstić information content (AvgIpc) is 2.42. The zero-order valence-corrected chi connectivity index (χ0v) is 10.2. The van der Waals surface area contributed by atoms with Gasteiger partial charge >= 0.3 is 0 Å². The molecule has 0 aliphatic carbocycles. The largest absolute Gasteiger partial charge is 0.291 e. The van der Waals surface area contributed by atoms with E-state index in [1.807, 2.05) is 36.4 Å². The fourth-order valence-electron chi connectivity index (χ4n) is 1.74. The molecule has 0 fully saturated rings. The molecule has 0 spiro atoms. The lowest BCUT2D eigenvalue weighted by molar-refractivity contribution is 0.271. The van der Waals surface area contributed by atoms with Gasteiger partial charge < -0.3 is 0 Å². The van der Waals surface area contributed by atoms with Gasteiger partial charge in [0.15, 0.2) is 0 Å². The van der Waals surface area contributed by atoms with Gasteiger partial charge in [-0.3, -0.25) is 21.0 Å². The second-order valence-corrected chi connectivity index (χ2v) is 3.99. The van der Waals surface area contributed by atoms with Gasteiger partial charge in [0.25, 0.3) is 0 Å². The molecule has 0 radical (unpaired) electrons. The molecule has 0 aromatic heterocycles. The summed E-state index contributed by atoms with van der Waals surface area (Å²) in [5.41, 5.74) is 8.94. The molecule has 0 unspecified atom stereocenters. The molecular weight excluding hydrogens is 228 g/mol. The Hall–Kier alpha value is -2.04. The molecule has 0 aliphatic rings. The second-order valence-electron chi connectivity index (χ2n) is 3.99. The van der Waals surface area contributed by atoms with Crippen LogP contribution in [0.15, 0.2) is 48.5 Å².